The second-order valence-corrected chi connectivity index (χ2v) is 15.3. The quantitative estimate of drug-likeness (QED) is 0.169. The molecule has 3 heterocycles. The Labute approximate surface area is 320 Å². The molecule has 2 nitrogen and oxygen atoms in total. The second kappa shape index (κ2) is 11.8. The van der Waals surface area contributed by atoms with E-state index >= 15 is 0 Å². The Morgan fingerprint density at radius 3 is 1.56 bits per heavy atom. The molecule has 3 aromatic heterocycles. The Balaban J connectivity index is 1.16. The van der Waals surface area contributed by atoms with Crippen LogP contribution in [0.3, 0.4) is 0 Å². The van der Waals surface area contributed by atoms with Crippen molar-refractivity contribution in [2.45, 2.75) is 0 Å². The Bertz CT molecular complexity index is 3420. The van der Waals surface area contributed by atoms with Gasteiger partial charge in [-0.05, 0) is 68.1 Å². The van der Waals surface area contributed by atoms with E-state index in [1.807, 2.05) is 17.4 Å². The summed E-state index contributed by atoms with van der Waals surface area (Å²) in [5.74, 6) is 0.844. The Morgan fingerprint density at radius 2 is 0.855 bits per heavy atom. The van der Waals surface area contributed by atoms with E-state index in [-0.39, 0.29) is 0 Å². The predicted octanol–water partition coefficient (Wildman–Crippen LogP) is 15.7. The molecule has 0 atom stereocenters. The van der Waals surface area contributed by atoms with Crippen molar-refractivity contribution in [2.75, 3.05) is 0 Å². The van der Waals surface area contributed by atoms with Gasteiger partial charge in [0.2, 0.25) is 0 Å². The van der Waals surface area contributed by atoms with E-state index < -0.39 is 0 Å². The van der Waals surface area contributed by atoms with Crippen LogP contribution in [0, 0.1) is 0 Å². The second-order valence-electron chi connectivity index (χ2n) is 14.3. The van der Waals surface area contributed by atoms with Gasteiger partial charge in [0.25, 0.3) is 0 Å². The first-order valence-electron chi connectivity index (χ1n) is 18.7. The molecular formula is C52H30O2S. The van der Waals surface area contributed by atoms with Gasteiger partial charge in [-0.25, -0.2) is 0 Å². The van der Waals surface area contributed by atoms with Crippen LogP contribution < -0.4 is 0 Å². The molecule has 12 rings (SSSR count). The molecule has 0 amide bonds. The lowest BCUT2D eigenvalue weighted by molar-refractivity contribution is 0.612. The number of benzene rings is 9. The summed E-state index contributed by atoms with van der Waals surface area (Å²) in [6.07, 6.45) is 0. The lowest BCUT2D eigenvalue weighted by atomic mass is 9.84. The molecule has 0 saturated heterocycles. The van der Waals surface area contributed by atoms with Crippen LogP contribution in [0.1, 0.15) is 0 Å². The number of thiophene rings is 1. The largest absolute Gasteiger partial charge is 0.452 e. The van der Waals surface area contributed by atoms with Gasteiger partial charge in [0.05, 0.1) is 0 Å². The lowest BCUT2D eigenvalue weighted by Crippen LogP contribution is -1.91. The van der Waals surface area contributed by atoms with Gasteiger partial charge < -0.3 is 8.83 Å². The highest BCUT2D eigenvalue weighted by Gasteiger charge is 2.25. The Hall–Kier alpha value is -6.94. The van der Waals surface area contributed by atoms with E-state index in [0.717, 1.165) is 60.9 Å². The minimum Gasteiger partial charge on any atom is -0.452 e. The molecule has 12 aromatic rings. The zero-order valence-corrected chi connectivity index (χ0v) is 30.4. The number of rotatable bonds is 4. The Morgan fingerprint density at radius 1 is 0.327 bits per heavy atom. The van der Waals surface area contributed by atoms with E-state index in [9.17, 15) is 0 Å². The van der Waals surface area contributed by atoms with Gasteiger partial charge in [-0.15, -0.1) is 11.3 Å². The maximum Gasteiger partial charge on any atom is 0.178 e. The van der Waals surface area contributed by atoms with Crippen LogP contribution in [0.25, 0.3) is 119 Å². The molecule has 0 aliphatic rings. The van der Waals surface area contributed by atoms with Gasteiger partial charge >= 0.3 is 0 Å². The summed E-state index contributed by atoms with van der Waals surface area (Å²) in [6.45, 7) is 0. The van der Waals surface area contributed by atoms with Crippen molar-refractivity contribution in [3.8, 4) is 44.7 Å². The molecule has 0 aliphatic heterocycles. The van der Waals surface area contributed by atoms with Crippen LogP contribution in [-0.2, 0) is 0 Å². The maximum absolute atomic E-state index is 6.90. The summed E-state index contributed by atoms with van der Waals surface area (Å²) in [4.78, 5) is 0. The van der Waals surface area contributed by atoms with Gasteiger partial charge in [0, 0.05) is 53.0 Å². The van der Waals surface area contributed by atoms with Gasteiger partial charge in [0.1, 0.15) is 11.3 Å². The molecule has 9 aromatic carbocycles. The summed E-state index contributed by atoms with van der Waals surface area (Å²) in [5.41, 5.74) is 10.5. The van der Waals surface area contributed by atoms with Gasteiger partial charge in [-0.2, -0.15) is 0 Å². The zero-order valence-electron chi connectivity index (χ0n) is 29.5. The average molecular weight is 719 g/mol. The third kappa shape index (κ3) is 4.42. The van der Waals surface area contributed by atoms with E-state index in [1.54, 1.807) is 0 Å². The van der Waals surface area contributed by atoms with Crippen molar-refractivity contribution < 1.29 is 8.83 Å². The SMILES string of the molecule is c1ccc(-c2oc3c(ccc4c3oc3cccc(-c5c6ccccc6c(-c6cccc7c6sc6ccccc67)c6ccccc56)c34)c2-c2ccccc2)cc1. The topological polar surface area (TPSA) is 26.3 Å². The highest BCUT2D eigenvalue weighted by atomic mass is 32.1. The van der Waals surface area contributed by atoms with Crippen LogP contribution in [0.2, 0.25) is 0 Å². The van der Waals surface area contributed by atoms with E-state index in [0.29, 0.717) is 0 Å². The number of furan rings is 2. The van der Waals surface area contributed by atoms with E-state index in [4.69, 9.17) is 8.83 Å². The van der Waals surface area contributed by atoms with Crippen molar-refractivity contribution in [1.82, 2.24) is 0 Å². The normalized spacial score (nSPS) is 12.0. The molecule has 0 N–H and O–H groups in total. The predicted molar refractivity (Wildman–Crippen MR) is 233 cm³/mol. The number of hydrogen-bond donors (Lipinski definition) is 0. The maximum atomic E-state index is 6.90. The fourth-order valence-electron chi connectivity index (χ4n) is 8.98. The third-order valence-electron chi connectivity index (χ3n) is 11.3. The first-order valence-corrected chi connectivity index (χ1v) is 19.5. The fraction of sp³-hybridized carbons (Fsp3) is 0. The first-order chi connectivity index (χ1) is 27.3. The molecule has 0 saturated carbocycles. The smallest absolute Gasteiger partial charge is 0.178 e. The summed E-state index contributed by atoms with van der Waals surface area (Å²) in [7, 11) is 0. The summed E-state index contributed by atoms with van der Waals surface area (Å²) < 4.78 is 16.4. The molecule has 3 heteroatoms. The first kappa shape index (κ1) is 30.5. The molecule has 55 heavy (non-hydrogen) atoms. The highest BCUT2D eigenvalue weighted by molar-refractivity contribution is 7.26. The van der Waals surface area contributed by atoms with Crippen LogP contribution in [0.4, 0.5) is 0 Å². The van der Waals surface area contributed by atoms with Crippen LogP contribution in [-0.4, -0.2) is 0 Å². The van der Waals surface area contributed by atoms with Gasteiger partial charge in [-0.1, -0.05) is 158 Å². The van der Waals surface area contributed by atoms with Crippen molar-refractivity contribution in [3.63, 3.8) is 0 Å². The van der Waals surface area contributed by atoms with Gasteiger partial charge in [0.15, 0.2) is 11.2 Å². The van der Waals surface area contributed by atoms with Crippen LogP contribution in [0.5, 0.6) is 0 Å². The minimum absolute atomic E-state index is 0.763. The number of fused-ring (bicyclic) bond motifs is 10. The molecule has 0 spiro atoms. The molecule has 0 unspecified atom stereocenters. The molecule has 256 valence electrons. The molecule has 0 fully saturated rings. The summed E-state index contributed by atoms with van der Waals surface area (Å²) >= 11 is 1.88. The monoisotopic (exact) mass is 718 g/mol. The third-order valence-corrected chi connectivity index (χ3v) is 12.5. The zero-order chi connectivity index (χ0) is 36.0. The molecule has 0 bridgehead atoms. The summed E-state index contributed by atoms with van der Waals surface area (Å²) in [5, 5.41) is 10.7. The molecular weight excluding hydrogens is 689 g/mol. The summed E-state index contributed by atoms with van der Waals surface area (Å²) in [6, 6.07) is 65.2. The van der Waals surface area contributed by atoms with Crippen molar-refractivity contribution in [1.29, 1.82) is 0 Å². The van der Waals surface area contributed by atoms with E-state index in [1.165, 1.54) is 58.4 Å². The minimum atomic E-state index is 0.763. The van der Waals surface area contributed by atoms with Crippen molar-refractivity contribution in [3.05, 3.63) is 182 Å². The molecule has 0 aliphatic carbocycles. The van der Waals surface area contributed by atoms with Crippen molar-refractivity contribution in [2.24, 2.45) is 0 Å². The number of hydrogen-bond acceptors (Lipinski definition) is 3. The van der Waals surface area contributed by atoms with Crippen molar-refractivity contribution >= 4 is 86.0 Å². The fourth-order valence-corrected chi connectivity index (χ4v) is 10.2. The Kier molecular flexibility index (Phi) is 6.54. The van der Waals surface area contributed by atoms with Gasteiger partial charge in [-0.3, -0.25) is 0 Å². The van der Waals surface area contributed by atoms with Crippen LogP contribution in [0.15, 0.2) is 191 Å². The highest BCUT2D eigenvalue weighted by Crippen LogP contribution is 2.51. The molecule has 0 radical (unpaired) electrons. The average Bonchev–Trinajstić information content (AvgIpc) is 3.95. The van der Waals surface area contributed by atoms with E-state index in [2.05, 4.69) is 176 Å². The lowest BCUT2D eigenvalue weighted by Gasteiger charge is -2.18. The van der Waals surface area contributed by atoms with Crippen LogP contribution >= 0.6 is 11.3 Å². The standard InChI is InChI=1S/C52H30O2S/c1-3-15-31(16-4-1)45-40-29-30-41-48-39(25-14-27-43(48)53-50(41)51(40)54-49(45)32-17-5-2-6-18-32)46-34-20-7-9-22-36(34)47(37-23-10-8-21-35(37)46)42-26-13-24-38-33-19-11-12-28-44(33)55-52(38)42/h1-30H.